The van der Waals surface area contributed by atoms with Crippen molar-refractivity contribution in [2.24, 2.45) is 7.05 Å². The highest BCUT2D eigenvalue weighted by molar-refractivity contribution is 7.99. The van der Waals surface area contributed by atoms with Crippen LogP contribution < -0.4 is 0 Å². The minimum absolute atomic E-state index is 0.0766. The SMILES string of the molecule is Cn1nc(-c2ccccc2O)nc1SCC(=O)O. The zero-order chi connectivity index (χ0) is 13.1. The van der Waals surface area contributed by atoms with Crippen LogP contribution in [0.15, 0.2) is 29.4 Å². The molecule has 2 rings (SSSR count). The fourth-order valence-electron chi connectivity index (χ4n) is 1.40. The number of carboxylic acid groups (broad SMARTS) is 1. The van der Waals surface area contributed by atoms with Crippen molar-refractivity contribution >= 4 is 17.7 Å². The van der Waals surface area contributed by atoms with Gasteiger partial charge in [0.2, 0.25) is 0 Å². The van der Waals surface area contributed by atoms with E-state index in [1.807, 2.05) is 0 Å². The van der Waals surface area contributed by atoms with E-state index in [1.54, 1.807) is 31.3 Å². The maximum Gasteiger partial charge on any atom is 0.313 e. The van der Waals surface area contributed by atoms with E-state index in [0.29, 0.717) is 16.5 Å². The van der Waals surface area contributed by atoms with Crippen LogP contribution >= 0.6 is 11.8 Å². The standard InChI is InChI=1S/C11H11N3O3S/c1-14-11(18-6-9(16)17)12-10(13-14)7-4-2-3-5-8(7)15/h2-5,15H,6H2,1H3,(H,16,17). The molecule has 0 aliphatic carbocycles. The van der Waals surface area contributed by atoms with E-state index in [2.05, 4.69) is 10.1 Å². The first-order valence-corrected chi connectivity index (χ1v) is 6.10. The molecule has 1 aromatic heterocycles. The van der Waals surface area contributed by atoms with Gasteiger partial charge in [0.05, 0.1) is 11.3 Å². The molecule has 0 saturated carbocycles. The average Bonchev–Trinajstić information content (AvgIpc) is 2.68. The van der Waals surface area contributed by atoms with Gasteiger partial charge >= 0.3 is 5.97 Å². The number of carbonyl (C=O) groups is 1. The number of phenols is 1. The second-order valence-corrected chi connectivity index (χ2v) is 4.48. The number of para-hydroxylation sites is 1. The van der Waals surface area contributed by atoms with Crippen LogP contribution in [0.25, 0.3) is 11.4 Å². The van der Waals surface area contributed by atoms with E-state index in [0.717, 1.165) is 11.8 Å². The van der Waals surface area contributed by atoms with E-state index in [4.69, 9.17) is 5.11 Å². The Balaban J connectivity index is 2.29. The number of aromatic hydroxyl groups is 1. The molecule has 1 heterocycles. The molecule has 2 aromatic rings. The van der Waals surface area contributed by atoms with Crippen LogP contribution in [0.3, 0.4) is 0 Å². The average molecular weight is 265 g/mol. The van der Waals surface area contributed by atoms with Crippen LogP contribution in [0.5, 0.6) is 5.75 Å². The molecule has 0 spiro atoms. The molecule has 1 aromatic carbocycles. The number of nitrogens with zero attached hydrogens (tertiary/aromatic N) is 3. The summed E-state index contributed by atoms with van der Waals surface area (Å²) in [5.41, 5.74) is 0.523. The molecule has 0 bridgehead atoms. The third-order valence-corrected chi connectivity index (χ3v) is 3.20. The van der Waals surface area contributed by atoms with Gasteiger partial charge in [-0.25, -0.2) is 9.67 Å². The number of hydrogen-bond donors (Lipinski definition) is 2. The summed E-state index contributed by atoms with van der Waals surface area (Å²) in [6, 6.07) is 6.74. The minimum Gasteiger partial charge on any atom is -0.507 e. The topological polar surface area (TPSA) is 88.2 Å². The van der Waals surface area contributed by atoms with Crippen LogP contribution in [0, 0.1) is 0 Å². The number of rotatable bonds is 4. The lowest BCUT2D eigenvalue weighted by molar-refractivity contribution is -0.133. The normalized spacial score (nSPS) is 10.5. The maximum atomic E-state index is 10.5. The Morgan fingerprint density at radius 2 is 2.17 bits per heavy atom. The van der Waals surface area contributed by atoms with Crippen molar-refractivity contribution in [2.45, 2.75) is 5.16 Å². The number of aliphatic carboxylic acids is 1. The zero-order valence-electron chi connectivity index (χ0n) is 9.57. The molecule has 0 radical (unpaired) electrons. The van der Waals surface area contributed by atoms with Crippen molar-refractivity contribution in [3.63, 3.8) is 0 Å². The summed E-state index contributed by atoms with van der Waals surface area (Å²) in [4.78, 5) is 14.7. The van der Waals surface area contributed by atoms with Gasteiger partial charge in [0.15, 0.2) is 11.0 Å². The van der Waals surface area contributed by atoms with Crippen molar-refractivity contribution < 1.29 is 15.0 Å². The lowest BCUT2D eigenvalue weighted by Crippen LogP contribution is -2.00. The van der Waals surface area contributed by atoms with Crippen LogP contribution in [-0.2, 0) is 11.8 Å². The molecule has 0 unspecified atom stereocenters. The van der Waals surface area contributed by atoms with Crippen LogP contribution in [0.4, 0.5) is 0 Å². The summed E-state index contributed by atoms with van der Waals surface area (Å²) in [5, 5.41) is 23.0. The Morgan fingerprint density at radius 1 is 1.44 bits per heavy atom. The van der Waals surface area contributed by atoms with Crippen molar-refractivity contribution in [1.82, 2.24) is 14.8 Å². The fourth-order valence-corrected chi connectivity index (χ4v) is 2.03. The number of aromatic nitrogens is 3. The lowest BCUT2D eigenvalue weighted by Gasteiger charge is -1.97. The van der Waals surface area contributed by atoms with Crippen LogP contribution in [0.1, 0.15) is 0 Å². The van der Waals surface area contributed by atoms with Gasteiger partial charge in [-0.3, -0.25) is 4.79 Å². The Hall–Kier alpha value is -2.02. The van der Waals surface area contributed by atoms with Gasteiger partial charge in [0, 0.05) is 7.05 Å². The van der Waals surface area contributed by atoms with E-state index in [-0.39, 0.29) is 11.5 Å². The zero-order valence-corrected chi connectivity index (χ0v) is 10.4. The highest BCUT2D eigenvalue weighted by atomic mass is 32.2. The first kappa shape index (κ1) is 12.4. The lowest BCUT2D eigenvalue weighted by atomic mass is 10.2. The molecule has 0 atom stereocenters. The molecular weight excluding hydrogens is 254 g/mol. The summed E-state index contributed by atoms with van der Waals surface area (Å²) in [6.07, 6.45) is 0. The first-order chi connectivity index (χ1) is 8.58. The summed E-state index contributed by atoms with van der Waals surface area (Å²) < 4.78 is 1.50. The van der Waals surface area contributed by atoms with Gasteiger partial charge < -0.3 is 10.2 Å². The largest absolute Gasteiger partial charge is 0.507 e. The first-order valence-electron chi connectivity index (χ1n) is 5.12. The van der Waals surface area contributed by atoms with E-state index in [1.165, 1.54) is 4.68 Å². The molecular formula is C11H11N3O3S. The molecule has 0 saturated heterocycles. The maximum absolute atomic E-state index is 10.5. The van der Waals surface area contributed by atoms with Gasteiger partial charge in [-0.15, -0.1) is 0 Å². The van der Waals surface area contributed by atoms with Gasteiger partial charge in [-0.05, 0) is 12.1 Å². The van der Waals surface area contributed by atoms with Crippen LogP contribution in [-0.4, -0.2) is 36.7 Å². The summed E-state index contributed by atoms with van der Waals surface area (Å²) >= 11 is 1.08. The molecule has 2 N–H and O–H groups in total. The predicted octanol–water partition coefficient (Wildman–Crippen LogP) is 1.36. The predicted molar refractivity (Wildman–Crippen MR) is 66.5 cm³/mol. The Morgan fingerprint density at radius 3 is 2.83 bits per heavy atom. The molecule has 0 fully saturated rings. The fraction of sp³-hybridized carbons (Fsp3) is 0.182. The molecule has 0 amide bonds. The van der Waals surface area contributed by atoms with E-state index in [9.17, 15) is 9.90 Å². The van der Waals surface area contributed by atoms with E-state index < -0.39 is 5.97 Å². The van der Waals surface area contributed by atoms with E-state index >= 15 is 0 Å². The Bertz CT molecular complexity index is 583. The highest BCUT2D eigenvalue weighted by Crippen LogP contribution is 2.27. The summed E-state index contributed by atoms with van der Waals surface area (Å²) in [7, 11) is 1.68. The van der Waals surface area contributed by atoms with Crippen molar-refractivity contribution in [3.05, 3.63) is 24.3 Å². The smallest absolute Gasteiger partial charge is 0.313 e. The second kappa shape index (κ2) is 5.09. The summed E-state index contributed by atoms with van der Waals surface area (Å²) in [5.74, 6) is -0.513. The monoisotopic (exact) mass is 265 g/mol. The van der Waals surface area contributed by atoms with Crippen molar-refractivity contribution in [3.8, 4) is 17.1 Å². The Kier molecular flexibility index (Phi) is 3.52. The number of aryl methyl sites for hydroxylation is 1. The molecule has 18 heavy (non-hydrogen) atoms. The molecule has 94 valence electrons. The van der Waals surface area contributed by atoms with Gasteiger partial charge in [0.1, 0.15) is 5.75 Å². The third-order valence-electron chi connectivity index (χ3n) is 2.19. The number of thioether (sulfide) groups is 1. The summed E-state index contributed by atoms with van der Waals surface area (Å²) in [6.45, 7) is 0. The number of phenolic OH excluding ortho intramolecular Hbond substituents is 1. The van der Waals surface area contributed by atoms with Crippen molar-refractivity contribution in [2.75, 3.05) is 5.75 Å². The number of benzene rings is 1. The molecule has 0 aliphatic heterocycles. The van der Waals surface area contributed by atoms with Gasteiger partial charge in [-0.2, -0.15) is 5.10 Å². The minimum atomic E-state index is -0.910. The molecule has 0 aliphatic rings. The highest BCUT2D eigenvalue weighted by Gasteiger charge is 2.13. The third kappa shape index (κ3) is 2.62. The van der Waals surface area contributed by atoms with Gasteiger partial charge in [-0.1, -0.05) is 23.9 Å². The van der Waals surface area contributed by atoms with Crippen LogP contribution in [0.2, 0.25) is 0 Å². The number of carboxylic acids is 1. The molecule has 6 nitrogen and oxygen atoms in total. The van der Waals surface area contributed by atoms with Gasteiger partial charge in [0.25, 0.3) is 0 Å². The second-order valence-electron chi connectivity index (χ2n) is 3.54. The Labute approximate surface area is 107 Å². The quantitative estimate of drug-likeness (QED) is 0.812. The molecule has 7 heteroatoms. The van der Waals surface area contributed by atoms with Crippen molar-refractivity contribution in [1.29, 1.82) is 0 Å². The number of hydrogen-bond acceptors (Lipinski definition) is 5.